The van der Waals surface area contributed by atoms with Gasteiger partial charge in [-0.25, -0.2) is 4.79 Å². The summed E-state index contributed by atoms with van der Waals surface area (Å²) in [6, 6.07) is 10.1. The van der Waals surface area contributed by atoms with Crippen LogP contribution >= 0.6 is 11.3 Å². The van der Waals surface area contributed by atoms with Crippen LogP contribution in [0.1, 0.15) is 15.2 Å². The minimum atomic E-state index is -2.67. The molecule has 2 aromatic heterocycles. The van der Waals surface area contributed by atoms with Gasteiger partial charge in [0.05, 0.1) is 35.2 Å². The molecule has 0 bridgehead atoms. The lowest BCUT2D eigenvalue weighted by Gasteiger charge is -2.27. The predicted molar refractivity (Wildman–Crippen MR) is 91.2 cm³/mol. The summed E-state index contributed by atoms with van der Waals surface area (Å²) in [7, 11) is 0. The molecule has 0 fully saturated rings. The molecule has 3 aromatic rings. The first-order chi connectivity index (χ1) is 11.5. The Morgan fingerprint density at radius 1 is 1.29 bits per heavy atom. The smallest absolute Gasteiger partial charge is 0.348 e. The van der Waals surface area contributed by atoms with Gasteiger partial charge in [0.25, 0.3) is 0 Å². The zero-order valence-electron chi connectivity index (χ0n) is 12.5. The summed E-state index contributed by atoms with van der Waals surface area (Å²) >= 11 is -1.68. The Labute approximate surface area is 144 Å². The molecule has 1 aromatic carbocycles. The van der Waals surface area contributed by atoms with Crippen molar-refractivity contribution in [3.63, 3.8) is 0 Å². The van der Waals surface area contributed by atoms with Crippen LogP contribution < -0.4 is 4.31 Å². The molecular weight excluding hydrogens is 350 g/mol. The van der Waals surface area contributed by atoms with Gasteiger partial charge in [0, 0.05) is 10.4 Å². The van der Waals surface area contributed by atoms with Crippen LogP contribution in [0, 0.1) is 6.92 Å². The second kappa shape index (κ2) is 6.60. The van der Waals surface area contributed by atoms with E-state index in [4.69, 9.17) is 4.42 Å². The molecule has 124 valence electrons. The maximum absolute atomic E-state index is 11.8. The quantitative estimate of drug-likeness (QED) is 0.694. The Morgan fingerprint density at radius 3 is 2.62 bits per heavy atom. The van der Waals surface area contributed by atoms with E-state index >= 15 is 0 Å². The van der Waals surface area contributed by atoms with Gasteiger partial charge in [0.1, 0.15) is 4.88 Å². The van der Waals surface area contributed by atoms with E-state index in [2.05, 4.69) is 0 Å². The molecule has 0 aliphatic carbocycles. The predicted octanol–water partition coefficient (Wildman–Crippen LogP) is 3.95. The van der Waals surface area contributed by atoms with Crippen LogP contribution in [-0.4, -0.2) is 19.8 Å². The van der Waals surface area contributed by atoms with E-state index in [1.807, 2.05) is 0 Å². The van der Waals surface area contributed by atoms with E-state index in [0.717, 1.165) is 15.6 Å². The van der Waals surface area contributed by atoms with Gasteiger partial charge >= 0.3 is 5.97 Å². The molecule has 0 aliphatic heterocycles. The maximum atomic E-state index is 11.8. The second-order valence-corrected chi connectivity index (χ2v) is 6.79. The number of hydrogen-bond acceptors (Lipinski definition) is 5. The standard InChI is InChI=1S/C16H13NO5S2/c1-10-4-2-3-5-12(10)17(24(20)21)13-8-14(11-6-7-22-9-11)23-15(13)16(18)19/h2-9H,1H3,(H,18,19)(H,20,21)/p-1. The van der Waals surface area contributed by atoms with E-state index in [-0.39, 0.29) is 10.6 Å². The van der Waals surface area contributed by atoms with E-state index < -0.39 is 17.2 Å². The molecule has 0 saturated heterocycles. The minimum Gasteiger partial charge on any atom is -0.755 e. The fourth-order valence-electron chi connectivity index (χ4n) is 2.31. The molecule has 1 N–H and O–H groups in total. The molecule has 8 heteroatoms. The fraction of sp³-hybridized carbons (Fsp3) is 0.0625. The molecule has 1 atom stereocenters. The molecule has 0 radical (unpaired) electrons. The van der Waals surface area contributed by atoms with Crippen molar-refractivity contribution in [2.24, 2.45) is 0 Å². The van der Waals surface area contributed by atoms with Crippen molar-refractivity contribution in [2.45, 2.75) is 6.92 Å². The first kappa shape index (κ1) is 16.4. The number of furan rings is 1. The topological polar surface area (TPSA) is 93.8 Å². The summed E-state index contributed by atoms with van der Waals surface area (Å²) in [5, 5.41) is 9.48. The number of anilines is 2. The Balaban J connectivity index is 2.20. The van der Waals surface area contributed by atoms with Crippen LogP contribution in [0.15, 0.2) is 53.3 Å². The highest BCUT2D eigenvalue weighted by molar-refractivity contribution is 7.81. The lowest BCUT2D eigenvalue weighted by molar-refractivity contribution is 0.0703. The first-order valence-electron chi connectivity index (χ1n) is 6.84. The van der Waals surface area contributed by atoms with Gasteiger partial charge in [-0.2, -0.15) is 0 Å². The van der Waals surface area contributed by atoms with Crippen molar-refractivity contribution in [3.05, 3.63) is 59.4 Å². The summed E-state index contributed by atoms with van der Waals surface area (Å²) in [5.41, 5.74) is 1.92. The van der Waals surface area contributed by atoms with E-state index in [1.54, 1.807) is 43.3 Å². The van der Waals surface area contributed by atoms with Crippen molar-refractivity contribution in [1.29, 1.82) is 0 Å². The lowest BCUT2D eigenvalue weighted by atomic mass is 10.2. The highest BCUT2D eigenvalue weighted by Gasteiger charge is 2.24. The third kappa shape index (κ3) is 2.99. The van der Waals surface area contributed by atoms with Crippen LogP contribution in [0.4, 0.5) is 11.4 Å². The van der Waals surface area contributed by atoms with Gasteiger partial charge in [0.15, 0.2) is 0 Å². The van der Waals surface area contributed by atoms with Crippen LogP contribution in [0.2, 0.25) is 0 Å². The molecular formula is C16H12NO5S2-. The Hall–Kier alpha value is -2.42. The molecule has 0 aliphatic rings. The number of hydrogen-bond donors (Lipinski definition) is 1. The normalized spacial score (nSPS) is 12.1. The van der Waals surface area contributed by atoms with Crippen LogP contribution in [-0.2, 0) is 11.3 Å². The van der Waals surface area contributed by atoms with Gasteiger partial charge in [-0.3, -0.25) is 8.51 Å². The third-order valence-corrected chi connectivity index (χ3v) is 5.27. The number of carboxylic acids is 1. The SMILES string of the molecule is Cc1ccccc1N(c1cc(-c2ccoc2)sc1C(=O)O)S(=O)[O-]. The molecule has 0 amide bonds. The summed E-state index contributed by atoms with van der Waals surface area (Å²) in [4.78, 5) is 12.2. The number of carbonyl (C=O) groups is 1. The number of aryl methyl sites for hydroxylation is 1. The number of carboxylic acid groups (broad SMARTS) is 1. The Kier molecular flexibility index (Phi) is 4.52. The van der Waals surface area contributed by atoms with E-state index in [1.165, 1.54) is 12.5 Å². The monoisotopic (exact) mass is 362 g/mol. The zero-order valence-corrected chi connectivity index (χ0v) is 14.1. The Morgan fingerprint density at radius 2 is 2.04 bits per heavy atom. The maximum Gasteiger partial charge on any atom is 0.348 e. The molecule has 0 saturated carbocycles. The van der Waals surface area contributed by atoms with Crippen molar-refractivity contribution in [2.75, 3.05) is 4.31 Å². The van der Waals surface area contributed by atoms with Crippen molar-refractivity contribution >= 4 is 39.9 Å². The fourth-order valence-corrected chi connectivity index (χ4v) is 4.01. The second-order valence-electron chi connectivity index (χ2n) is 4.94. The number of aromatic carboxylic acids is 1. The number of rotatable bonds is 5. The molecule has 0 spiro atoms. The summed E-state index contributed by atoms with van der Waals surface area (Å²) < 4.78 is 29.7. The Bertz CT molecular complexity index is 901. The van der Waals surface area contributed by atoms with Crippen LogP contribution in [0.25, 0.3) is 10.4 Å². The molecule has 6 nitrogen and oxygen atoms in total. The number of benzene rings is 1. The summed E-state index contributed by atoms with van der Waals surface area (Å²) in [6.07, 6.45) is 2.95. The van der Waals surface area contributed by atoms with Gasteiger partial charge in [0.2, 0.25) is 0 Å². The van der Waals surface area contributed by atoms with Gasteiger partial charge < -0.3 is 14.1 Å². The van der Waals surface area contributed by atoms with Gasteiger partial charge in [-0.15, -0.1) is 11.3 Å². The minimum absolute atomic E-state index is 0.0568. The average molecular weight is 362 g/mol. The van der Waals surface area contributed by atoms with Crippen molar-refractivity contribution in [1.82, 2.24) is 0 Å². The van der Waals surface area contributed by atoms with Gasteiger partial charge in [-0.05, 0) is 30.7 Å². The van der Waals surface area contributed by atoms with E-state index in [0.29, 0.717) is 21.7 Å². The zero-order chi connectivity index (χ0) is 17.3. The highest BCUT2D eigenvalue weighted by Crippen LogP contribution is 2.41. The van der Waals surface area contributed by atoms with Gasteiger partial charge in [-0.1, -0.05) is 18.2 Å². The lowest BCUT2D eigenvalue weighted by Crippen LogP contribution is -2.21. The highest BCUT2D eigenvalue weighted by atomic mass is 32.2. The molecule has 2 heterocycles. The van der Waals surface area contributed by atoms with Crippen LogP contribution in [0.5, 0.6) is 0 Å². The summed E-state index contributed by atoms with van der Waals surface area (Å²) in [5.74, 6) is -1.19. The molecule has 1 unspecified atom stereocenters. The number of thiophene rings is 1. The number of para-hydroxylation sites is 1. The van der Waals surface area contributed by atoms with Crippen molar-refractivity contribution < 1.29 is 23.1 Å². The third-order valence-electron chi connectivity index (χ3n) is 3.41. The first-order valence-corrected chi connectivity index (χ1v) is 8.68. The van der Waals surface area contributed by atoms with E-state index in [9.17, 15) is 18.7 Å². The summed E-state index contributed by atoms with van der Waals surface area (Å²) in [6.45, 7) is 1.76. The molecule has 3 rings (SSSR count). The molecule has 24 heavy (non-hydrogen) atoms. The number of nitrogens with zero attached hydrogens (tertiary/aromatic N) is 1. The van der Waals surface area contributed by atoms with Crippen LogP contribution in [0.3, 0.4) is 0 Å². The average Bonchev–Trinajstić information content (AvgIpc) is 3.18. The van der Waals surface area contributed by atoms with Crippen molar-refractivity contribution in [3.8, 4) is 10.4 Å². The largest absolute Gasteiger partial charge is 0.755 e.